The van der Waals surface area contributed by atoms with E-state index in [1.54, 1.807) is 0 Å². The van der Waals surface area contributed by atoms with Crippen LogP contribution in [-0.4, -0.2) is 18.4 Å². The SMILES string of the molecule is N=C(N)CCNC(=O)Nc1ccc(F)cc1. The van der Waals surface area contributed by atoms with Gasteiger partial charge in [0.05, 0.1) is 5.84 Å². The maximum atomic E-state index is 12.5. The molecule has 5 nitrogen and oxygen atoms in total. The number of urea groups is 1. The minimum Gasteiger partial charge on any atom is -0.388 e. The largest absolute Gasteiger partial charge is 0.388 e. The van der Waals surface area contributed by atoms with E-state index >= 15 is 0 Å². The van der Waals surface area contributed by atoms with Gasteiger partial charge in [-0.1, -0.05) is 0 Å². The smallest absolute Gasteiger partial charge is 0.319 e. The number of nitrogens with one attached hydrogen (secondary N) is 3. The van der Waals surface area contributed by atoms with Gasteiger partial charge in [0.1, 0.15) is 5.82 Å². The van der Waals surface area contributed by atoms with E-state index in [-0.39, 0.29) is 11.7 Å². The Balaban J connectivity index is 2.34. The zero-order valence-corrected chi connectivity index (χ0v) is 8.59. The summed E-state index contributed by atoms with van der Waals surface area (Å²) in [6.07, 6.45) is 0.302. The number of hydrogen-bond acceptors (Lipinski definition) is 2. The minimum absolute atomic E-state index is 0.0158. The molecule has 0 radical (unpaired) electrons. The Morgan fingerprint density at radius 2 is 2.00 bits per heavy atom. The Morgan fingerprint density at radius 1 is 1.38 bits per heavy atom. The van der Waals surface area contributed by atoms with E-state index in [0.717, 1.165) is 0 Å². The van der Waals surface area contributed by atoms with Crippen molar-refractivity contribution in [1.29, 1.82) is 5.41 Å². The number of anilines is 1. The van der Waals surface area contributed by atoms with E-state index in [9.17, 15) is 9.18 Å². The van der Waals surface area contributed by atoms with Gasteiger partial charge in [0, 0.05) is 18.7 Å². The third-order valence-corrected chi connectivity index (χ3v) is 1.78. The highest BCUT2D eigenvalue weighted by Gasteiger charge is 2.01. The molecule has 0 spiro atoms. The zero-order valence-electron chi connectivity index (χ0n) is 8.59. The first-order valence-electron chi connectivity index (χ1n) is 4.71. The first kappa shape index (κ1) is 12.0. The van der Waals surface area contributed by atoms with Gasteiger partial charge >= 0.3 is 6.03 Å². The molecule has 6 heteroatoms. The number of carbonyl (C=O) groups excluding carboxylic acids is 1. The number of halogens is 1. The van der Waals surface area contributed by atoms with Gasteiger partial charge in [0.2, 0.25) is 0 Å². The molecule has 0 aliphatic rings. The van der Waals surface area contributed by atoms with Crippen LogP contribution in [0.2, 0.25) is 0 Å². The molecule has 0 saturated heterocycles. The molecule has 0 saturated carbocycles. The Hall–Kier alpha value is -2.11. The summed E-state index contributed by atoms with van der Waals surface area (Å²) in [6.45, 7) is 0.294. The third kappa shape index (κ3) is 4.41. The summed E-state index contributed by atoms with van der Waals surface area (Å²) in [5.41, 5.74) is 5.62. The number of hydrogen-bond donors (Lipinski definition) is 4. The molecular weight excluding hydrogens is 211 g/mol. The summed E-state index contributed by atoms with van der Waals surface area (Å²) in [4.78, 5) is 11.3. The molecule has 2 amide bonds. The van der Waals surface area contributed by atoms with Gasteiger partial charge in [-0.3, -0.25) is 5.41 Å². The van der Waals surface area contributed by atoms with Crippen LogP contribution in [0.1, 0.15) is 6.42 Å². The Kier molecular flexibility index (Phi) is 4.26. The first-order chi connectivity index (χ1) is 7.58. The number of rotatable bonds is 4. The molecule has 0 aliphatic carbocycles. The number of carbonyl (C=O) groups is 1. The summed E-state index contributed by atoms with van der Waals surface area (Å²) < 4.78 is 12.5. The highest BCUT2D eigenvalue weighted by Crippen LogP contribution is 2.07. The number of amidine groups is 1. The number of amides is 2. The highest BCUT2D eigenvalue weighted by atomic mass is 19.1. The van der Waals surface area contributed by atoms with Crippen LogP contribution in [0.5, 0.6) is 0 Å². The molecule has 0 heterocycles. The van der Waals surface area contributed by atoms with E-state index in [2.05, 4.69) is 10.6 Å². The summed E-state index contributed by atoms with van der Waals surface area (Å²) in [5.74, 6) is -0.343. The Bertz CT molecular complexity index is 377. The standard InChI is InChI=1S/C10H13FN4O/c11-7-1-3-8(4-2-7)15-10(16)14-6-5-9(12)13/h1-4H,5-6H2,(H3,12,13)(H2,14,15,16). The lowest BCUT2D eigenvalue weighted by molar-refractivity contribution is 0.252. The molecule has 1 aromatic rings. The first-order valence-corrected chi connectivity index (χ1v) is 4.71. The monoisotopic (exact) mass is 224 g/mol. The summed E-state index contributed by atoms with van der Waals surface area (Å²) in [7, 11) is 0. The maximum Gasteiger partial charge on any atom is 0.319 e. The highest BCUT2D eigenvalue weighted by molar-refractivity contribution is 5.89. The summed E-state index contributed by atoms with van der Waals surface area (Å²) in [5, 5.41) is 12.0. The van der Waals surface area contributed by atoms with Crippen molar-refractivity contribution in [1.82, 2.24) is 5.32 Å². The normalized spacial score (nSPS) is 9.56. The van der Waals surface area contributed by atoms with Crippen LogP contribution in [0.3, 0.4) is 0 Å². The molecule has 86 valence electrons. The molecule has 5 N–H and O–H groups in total. The van der Waals surface area contributed by atoms with Gasteiger partial charge in [-0.05, 0) is 24.3 Å². The van der Waals surface area contributed by atoms with Crippen molar-refractivity contribution < 1.29 is 9.18 Å². The quantitative estimate of drug-likeness (QED) is 0.458. The molecule has 0 unspecified atom stereocenters. The van der Waals surface area contributed by atoms with Gasteiger partial charge in [-0.25, -0.2) is 9.18 Å². The summed E-state index contributed by atoms with van der Waals surface area (Å²) in [6, 6.07) is 5.02. The Morgan fingerprint density at radius 3 is 2.56 bits per heavy atom. The van der Waals surface area contributed by atoms with Gasteiger partial charge in [0.15, 0.2) is 0 Å². The van der Waals surface area contributed by atoms with Crippen molar-refractivity contribution in [3.63, 3.8) is 0 Å². The lowest BCUT2D eigenvalue weighted by Gasteiger charge is -2.06. The molecule has 16 heavy (non-hydrogen) atoms. The lowest BCUT2D eigenvalue weighted by atomic mass is 10.3. The van der Waals surface area contributed by atoms with Gasteiger partial charge in [0.25, 0.3) is 0 Å². The summed E-state index contributed by atoms with van der Waals surface area (Å²) >= 11 is 0. The van der Waals surface area contributed by atoms with Crippen molar-refractivity contribution in [2.75, 3.05) is 11.9 Å². The van der Waals surface area contributed by atoms with Crippen molar-refractivity contribution in [3.8, 4) is 0 Å². The zero-order chi connectivity index (χ0) is 12.0. The third-order valence-electron chi connectivity index (χ3n) is 1.78. The van der Waals surface area contributed by atoms with Crippen LogP contribution >= 0.6 is 0 Å². The van der Waals surface area contributed by atoms with Gasteiger partial charge in [-0.2, -0.15) is 0 Å². The second-order valence-electron chi connectivity index (χ2n) is 3.16. The molecule has 1 aromatic carbocycles. The Labute approximate surface area is 92.3 Å². The predicted octanol–water partition coefficient (Wildman–Crippen LogP) is 1.27. The van der Waals surface area contributed by atoms with Crippen molar-refractivity contribution in [2.24, 2.45) is 5.73 Å². The number of nitrogens with two attached hydrogens (primary N) is 1. The van der Waals surface area contributed by atoms with E-state index in [1.165, 1.54) is 24.3 Å². The second-order valence-corrected chi connectivity index (χ2v) is 3.16. The maximum absolute atomic E-state index is 12.5. The van der Waals surface area contributed by atoms with Crippen LogP contribution in [0.25, 0.3) is 0 Å². The molecule has 0 aliphatic heterocycles. The second kappa shape index (κ2) is 5.69. The lowest BCUT2D eigenvalue weighted by Crippen LogP contribution is -2.31. The van der Waals surface area contributed by atoms with Gasteiger partial charge < -0.3 is 16.4 Å². The van der Waals surface area contributed by atoms with E-state index in [0.29, 0.717) is 18.7 Å². The average molecular weight is 224 g/mol. The average Bonchev–Trinajstić information content (AvgIpc) is 2.21. The van der Waals surface area contributed by atoms with Crippen LogP contribution in [-0.2, 0) is 0 Å². The van der Waals surface area contributed by atoms with Crippen molar-refractivity contribution >= 4 is 17.6 Å². The van der Waals surface area contributed by atoms with Crippen LogP contribution in [0.15, 0.2) is 24.3 Å². The fourth-order valence-electron chi connectivity index (χ4n) is 1.02. The van der Waals surface area contributed by atoms with Gasteiger partial charge in [-0.15, -0.1) is 0 Å². The van der Waals surface area contributed by atoms with Crippen LogP contribution < -0.4 is 16.4 Å². The minimum atomic E-state index is -0.409. The van der Waals surface area contributed by atoms with E-state index in [4.69, 9.17) is 11.1 Å². The fraction of sp³-hybridized carbons (Fsp3) is 0.200. The van der Waals surface area contributed by atoms with Crippen LogP contribution in [0, 0.1) is 11.2 Å². The van der Waals surface area contributed by atoms with Crippen molar-refractivity contribution in [2.45, 2.75) is 6.42 Å². The molecule has 0 atom stereocenters. The molecule has 0 bridgehead atoms. The molecule has 0 aromatic heterocycles. The number of benzene rings is 1. The topological polar surface area (TPSA) is 91.0 Å². The van der Waals surface area contributed by atoms with E-state index < -0.39 is 6.03 Å². The van der Waals surface area contributed by atoms with Crippen molar-refractivity contribution in [3.05, 3.63) is 30.1 Å². The predicted molar refractivity (Wildman–Crippen MR) is 60.0 cm³/mol. The molecule has 0 fully saturated rings. The molecule has 1 rings (SSSR count). The fourth-order valence-corrected chi connectivity index (χ4v) is 1.02. The molecular formula is C10H13FN4O. The van der Waals surface area contributed by atoms with Crippen LogP contribution in [0.4, 0.5) is 14.9 Å². The van der Waals surface area contributed by atoms with E-state index in [1.807, 2.05) is 0 Å².